The third kappa shape index (κ3) is 4.07. The van der Waals surface area contributed by atoms with Crippen LogP contribution in [0, 0.1) is 5.41 Å². The second kappa shape index (κ2) is 7.52. The van der Waals surface area contributed by atoms with Gasteiger partial charge in [-0.1, -0.05) is 23.7 Å². The molecule has 3 saturated heterocycles. The molecule has 1 amide bonds. The summed E-state index contributed by atoms with van der Waals surface area (Å²) in [6.07, 6.45) is 4.47. The smallest absolute Gasteiger partial charge is 0.255 e. The fourth-order valence-corrected chi connectivity index (χ4v) is 5.33. The predicted molar refractivity (Wildman–Crippen MR) is 112 cm³/mol. The van der Waals surface area contributed by atoms with E-state index in [0.717, 1.165) is 51.8 Å². The molecule has 3 aliphatic rings. The Morgan fingerprint density at radius 2 is 1.93 bits per heavy atom. The van der Waals surface area contributed by atoms with E-state index in [1.807, 2.05) is 30.9 Å². The maximum absolute atomic E-state index is 12.8. The third-order valence-electron chi connectivity index (χ3n) is 7.21. The van der Waals surface area contributed by atoms with Crippen LogP contribution < -0.4 is 0 Å². The van der Waals surface area contributed by atoms with Crippen molar-refractivity contribution in [2.45, 2.75) is 76.3 Å². The van der Waals surface area contributed by atoms with Gasteiger partial charge in [0.15, 0.2) is 0 Å². The second-order valence-electron chi connectivity index (χ2n) is 9.89. The van der Waals surface area contributed by atoms with Gasteiger partial charge in [0.2, 0.25) is 0 Å². The van der Waals surface area contributed by atoms with Gasteiger partial charge in [-0.15, -0.1) is 0 Å². The highest BCUT2D eigenvalue weighted by atomic mass is 35.5. The molecule has 160 valence electrons. The lowest BCUT2D eigenvalue weighted by Crippen LogP contribution is -2.45. The Kier molecular flexibility index (Phi) is 5.48. The summed E-state index contributed by atoms with van der Waals surface area (Å²) in [5.74, 6) is 0.0139. The number of likely N-dealkylation sites (tertiary alicyclic amines) is 1. The van der Waals surface area contributed by atoms with E-state index in [9.17, 15) is 9.90 Å². The molecule has 3 fully saturated rings. The molecule has 1 spiro atoms. The number of carbonyl (C=O) groups excluding carboxylic acids is 1. The molecule has 0 aliphatic carbocycles. The highest BCUT2D eigenvalue weighted by molar-refractivity contribution is 6.33. The molecule has 4 rings (SSSR count). The van der Waals surface area contributed by atoms with Crippen LogP contribution >= 0.6 is 11.6 Å². The van der Waals surface area contributed by atoms with Gasteiger partial charge in [-0.05, 0) is 70.4 Å². The van der Waals surface area contributed by atoms with Gasteiger partial charge < -0.3 is 19.5 Å². The highest BCUT2D eigenvalue weighted by Crippen LogP contribution is 2.49. The first-order valence-corrected chi connectivity index (χ1v) is 11.1. The van der Waals surface area contributed by atoms with E-state index in [1.54, 1.807) is 12.1 Å². The van der Waals surface area contributed by atoms with Crippen molar-refractivity contribution in [1.29, 1.82) is 0 Å². The Morgan fingerprint density at radius 3 is 2.55 bits per heavy atom. The SMILES string of the molecule is CC(C)(O)[C@@H]1CC[C@](C)([C@@H]2CC3(CCN(C(=O)c4ccccc4Cl)CC3)CO2)O1. The zero-order valence-electron chi connectivity index (χ0n) is 17.6. The maximum atomic E-state index is 12.8. The van der Waals surface area contributed by atoms with Gasteiger partial charge in [0.05, 0.1) is 40.6 Å². The molecule has 0 unspecified atom stereocenters. The number of aliphatic hydroxyl groups is 1. The Morgan fingerprint density at radius 1 is 1.24 bits per heavy atom. The molecular weight excluding hydrogens is 390 g/mol. The van der Waals surface area contributed by atoms with Crippen LogP contribution in [0.4, 0.5) is 0 Å². The van der Waals surface area contributed by atoms with Crippen molar-refractivity contribution in [1.82, 2.24) is 4.90 Å². The van der Waals surface area contributed by atoms with Gasteiger partial charge in [0, 0.05) is 13.1 Å². The van der Waals surface area contributed by atoms with Crippen molar-refractivity contribution >= 4 is 17.5 Å². The van der Waals surface area contributed by atoms with E-state index in [-0.39, 0.29) is 29.1 Å². The minimum Gasteiger partial charge on any atom is -0.388 e. The van der Waals surface area contributed by atoms with E-state index in [1.165, 1.54) is 0 Å². The Balaban J connectivity index is 1.37. The normalized spacial score (nSPS) is 32.1. The molecule has 0 saturated carbocycles. The van der Waals surface area contributed by atoms with Crippen molar-refractivity contribution in [2.24, 2.45) is 5.41 Å². The van der Waals surface area contributed by atoms with Gasteiger partial charge in [0.25, 0.3) is 5.91 Å². The van der Waals surface area contributed by atoms with Gasteiger partial charge >= 0.3 is 0 Å². The molecule has 1 N–H and O–H groups in total. The van der Waals surface area contributed by atoms with E-state index in [4.69, 9.17) is 21.1 Å². The number of benzene rings is 1. The Bertz CT molecular complexity index is 768. The summed E-state index contributed by atoms with van der Waals surface area (Å²) in [5.41, 5.74) is -0.492. The van der Waals surface area contributed by atoms with Crippen molar-refractivity contribution in [3.63, 3.8) is 0 Å². The maximum Gasteiger partial charge on any atom is 0.255 e. The fraction of sp³-hybridized carbons (Fsp3) is 0.696. The predicted octanol–water partition coefficient (Wildman–Crippen LogP) is 4.06. The van der Waals surface area contributed by atoms with E-state index < -0.39 is 5.60 Å². The summed E-state index contributed by atoms with van der Waals surface area (Å²) in [7, 11) is 0. The number of halogens is 1. The van der Waals surface area contributed by atoms with Crippen LogP contribution in [0.3, 0.4) is 0 Å². The van der Waals surface area contributed by atoms with E-state index >= 15 is 0 Å². The van der Waals surface area contributed by atoms with Crippen LogP contribution in [0.1, 0.15) is 63.2 Å². The number of amides is 1. The van der Waals surface area contributed by atoms with E-state index in [0.29, 0.717) is 10.6 Å². The Hall–Kier alpha value is -1.14. The fourth-order valence-electron chi connectivity index (χ4n) is 5.11. The Labute approximate surface area is 178 Å². The van der Waals surface area contributed by atoms with Crippen molar-refractivity contribution in [3.05, 3.63) is 34.9 Å². The summed E-state index contributed by atoms with van der Waals surface area (Å²) in [5, 5.41) is 10.8. The van der Waals surface area contributed by atoms with Gasteiger partial charge in [0.1, 0.15) is 0 Å². The number of hydrogen-bond donors (Lipinski definition) is 1. The monoisotopic (exact) mass is 421 g/mol. The standard InChI is InChI=1S/C23H32ClNO4/c1-21(2,27)18-8-9-22(3,29-18)19-14-23(15-28-19)10-12-25(13-11-23)20(26)16-6-4-5-7-17(16)24/h4-7,18-19,27H,8-15H2,1-3H3/t18-,19-,22+/m0/s1. The van der Waals surface area contributed by atoms with E-state index in [2.05, 4.69) is 6.92 Å². The molecule has 5 nitrogen and oxygen atoms in total. The topological polar surface area (TPSA) is 59.0 Å². The average molecular weight is 422 g/mol. The van der Waals surface area contributed by atoms with Gasteiger partial charge in [-0.2, -0.15) is 0 Å². The van der Waals surface area contributed by atoms with Crippen LogP contribution in [-0.2, 0) is 9.47 Å². The van der Waals surface area contributed by atoms with Gasteiger partial charge in [-0.25, -0.2) is 0 Å². The molecule has 3 atom stereocenters. The molecule has 1 aromatic rings. The molecule has 6 heteroatoms. The van der Waals surface area contributed by atoms with Gasteiger partial charge in [-0.3, -0.25) is 4.79 Å². The molecule has 3 aliphatic heterocycles. The lowest BCUT2D eigenvalue weighted by molar-refractivity contribution is -0.155. The molecule has 0 aromatic heterocycles. The molecular formula is C23H32ClNO4. The summed E-state index contributed by atoms with van der Waals surface area (Å²) in [6, 6.07) is 7.25. The summed E-state index contributed by atoms with van der Waals surface area (Å²) < 4.78 is 12.6. The minimum absolute atomic E-state index is 0.0139. The molecule has 1 aromatic carbocycles. The molecule has 29 heavy (non-hydrogen) atoms. The number of ether oxygens (including phenoxy) is 2. The minimum atomic E-state index is -0.835. The molecule has 0 bridgehead atoms. The van der Waals surface area contributed by atoms with Crippen molar-refractivity contribution in [2.75, 3.05) is 19.7 Å². The first-order chi connectivity index (χ1) is 13.6. The number of rotatable bonds is 3. The number of carbonyl (C=O) groups is 1. The first kappa shape index (κ1) is 21.1. The largest absolute Gasteiger partial charge is 0.388 e. The van der Waals surface area contributed by atoms with Crippen molar-refractivity contribution in [3.8, 4) is 0 Å². The summed E-state index contributed by atoms with van der Waals surface area (Å²) in [6.45, 7) is 7.92. The van der Waals surface area contributed by atoms with Crippen LogP contribution in [0.2, 0.25) is 5.02 Å². The van der Waals surface area contributed by atoms with Crippen molar-refractivity contribution < 1.29 is 19.4 Å². The number of nitrogens with zero attached hydrogens (tertiary/aromatic N) is 1. The quantitative estimate of drug-likeness (QED) is 0.799. The lowest BCUT2D eigenvalue weighted by atomic mass is 9.74. The lowest BCUT2D eigenvalue weighted by Gasteiger charge is -2.39. The molecule has 0 radical (unpaired) electrons. The zero-order chi connectivity index (χ0) is 20.9. The highest BCUT2D eigenvalue weighted by Gasteiger charge is 2.53. The second-order valence-corrected chi connectivity index (χ2v) is 10.3. The first-order valence-electron chi connectivity index (χ1n) is 10.7. The summed E-state index contributed by atoms with van der Waals surface area (Å²) in [4.78, 5) is 14.8. The summed E-state index contributed by atoms with van der Waals surface area (Å²) >= 11 is 6.21. The third-order valence-corrected chi connectivity index (χ3v) is 7.54. The van der Waals surface area contributed by atoms with Crippen LogP contribution in [-0.4, -0.2) is 59.0 Å². The number of piperidine rings is 1. The van der Waals surface area contributed by atoms with Crippen LogP contribution in [0.5, 0.6) is 0 Å². The number of hydrogen-bond acceptors (Lipinski definition) is 4. The molecule has 3 heterocycles. The van der Waals surface area contributed by atoms with Crippen LogP contribution in [0.15, 0.2) is 24.3 Å². The average Bonchev–Trinajstić information content (AvgIpc) is 3.28. The zero-order valence-corrected chi connectivity index (χ0v) is 18.4. The van der Waals surface area contributed by atoms with Crippen LogP contribution in [0.25, 0.3) is 0 Å².